The quantitative estimate of drug-likeness (QED) is 0.246. The van der Waals surface area contributed by atoms with E-state index in [1.54, 1.807) is 0 Å². The van der Waals surface area contributed by atoms with Crippen LogP contribution in [0.3, 0.4) is 0 Å². The van der Waals surface area contributed by atoms with E-state index in [-0.39, 0.29) is 0 Å². The third-order valence-electron chi connectivity index (χ3n) is 6.91. The molecule has 3 nitrogen and oxygen atoms in total. The SMILES string of the molecule is CC.CC.CC.CC(C)(C)C.CC(C)(C)C.CC(C)(C)C.CC(C)(C)N1CCCC1.CC(C)(C)N1CCCCC1.CC(C)(C)N1CCCCCC1. The number of piperidine rings is 1. The molecule has 3 heteroatoms. The first-order chi connectivity index (χ1) is 22.8. The summed E-state index contributed by atoms with van der Waals surface area (Å²) in [6.45, 7) is 66.8. The molecule has 3 rings (SSSR count). The van der Waals surface area contributed by atoms with E-state index >= 15 is 0 Å². The standard InChI is InChI=1S/C10H21N.C9H19N.C8H17N.3C5H12.3C2H6/c1-10(2,3)11-8-6-4-5-7-9-11;1-9(2,3)10-7-5-4-6-8-10;1-8(2,3)9-6-4-5-7-9;3*1-5(2,3)4;3*1-2/h4-9H2,1-3H3;4-8H2,1-3H3;4-7H2,1-3H3;3*1-4H3;3*1-2H3. The van der Waals surface area contributed by atoms with Crippen molar-refractivity contribution in [2.45, 2.75) is 261 Å². The van der Waals surface area contributed by atoms with Gasteiger partial charge in [0.05, 0.1) is 0 Å². The maximum atomic E-state index is 2.61. The summed E-state index contributed by atoms with van der Waals surface area (Å²) in [5.74, 6) is 0. The lowest BCUT2D eigenvalue weighted by atomic mass is 10.0. The van der Waals surface area contributed by atoms with E-state index in [9.17, 15) is 0 Å². The highest BCUT2D eigenvalue weighted by atomic mass is 15.2. The second-order valence-electron chi connectivity index (χ2n) is 21.7. The van der Waals surface area contributed by atoms with Crippen molar-refractivity contribution in [2.24, 2.45) is 16.2 Å². The van der Waals surface area contributed by atoms with Gasteiger partial charge < -0.3 is 0 Å². The van der Waals surface area contributed by atoms with Gasteiger partial charge in [-0.2, -0.15) is 0 Å². The van der Waals surface area contributed by atoms with Gasteiger partial charge in [-0.25, -0.2) is 0 Å². The van der Waals surface area contributed by atoms with Gasteiger partial charge >= 0.3 is 0 Å². The van der Waals surface area contributed by atoms with Gasteiger partial charge in [0.1, 0.15) is 0 Å². The first-order valence-electron chi connectivity index (χ1n) is 22.1. The zero-order valence-electron chi connectivity index (χ0n) is 41.9. The molecule has 0 aromatic rings. The summed E-state index contributed by atoms with van der Waals surface area (Å²) in [7, 11) is 0. The van der Waals surface area contributed by atoms with Crippen LogP contribution in [-0.4, -0.2) is 70.6 Å². The average Bonchev–Trinajstić information content (AvgIpc) is 3.37. The van der Waals surface area contributed by atoms with Gasteiger partial charge in [-0.3, -0.25) is 14.7 Å². The monoisotopic (exact) mass is 730 g/mol. The van der Waals surface area contributed by atoms with Crippen LogP contribution in [0.4, 0.5) is 0 Å². The van der Waals surface area contributed by atoms with Crippen molar-refractivity contribution < 1.29 is 0 Å². The van der Waals surface area contributed by atoms with Gasteiger partial charge in [0.2, 0.25) is 0 Å². The molecule has 0 radical (unpaired) electrons. The van der Waals surface area contributed by atoms with Crippen LogP contribution in [0.1, 0.15) is 245 Å². The molecule has 3 aliphatic heterocycles. The maximum absolute atomic E-state index is 2.61. The number of hydrogen-bond donors (Lipinski definition) is 0. The molecule has 3 fully saturated rings. The smallest absolute Gasteiger partial charge is 0.0125 e. The molecular formula is C48H111N3. The van der Waals surface area contributed by atoms with Gasteiger partial charge in [0.15, 0.2) is 0 Å². The van der Waals surface area contributed by atoms with Crippen molar-refractivity contribution >= 4 is 0 Å². The van der Waals surface area contributed by atoms with Crippen LogP contribution in [-0.2, 0) is 0 Å². The fraction of sp³-hybridized carbons (Fsp3) is 1.00. The van der Waals surface area contributed by atoms with Crippen LogP contribution in [0.5, 0.6) is 0 Å². The van der Waals surface area contributed by atoms with E-state index in [1.807, 2.05) is 41.5 Å². The summed E-state index contributed by atoms with van der Waals surface area (Å²) in [5, 5.41) is 0. The molecule has 51 heavy (non-hydrogen) atoms. The van der Waals surface area contributed by atoms with Crippen molar-refractivity contribution in [3.05, 3.63) is 0 Å². The molecule has 3 heterocycles. The minimum absolute atomic E-state index is 0.393. The molecule has 0 spiro atoms. The van der Waals surface area contributed by atoms with Gasteiger partial charge in [-0.1, -0.05) is 144 Å². The topological polar surface area (TPSA) is 9.72 Å². The van der Waals surface area contributed by atoms with E-state index in [0.717, 1.165) is 0 Å². The second kappa shape index (κ2) is 33.2. The summed E-state index contributed by atoms with van der Waals surface area (Å²) in [5.41, 5.74) is 2.71. The Morgan fingerprint density at radius 3 is 0.431 bits per heavy atom. The highest BCUT2D eigenvalue weighted by molar-refractivity contribution is 4.80. The van der Waals surface area contributed by atoms with Crippen LogP contribution >= 0.6 is 0 Å². The molecule has 0 aliphatic carbocycles. The third-order valence-corrected chi connectivity index (χ3v) is 6.91. The molecule has 0 aromatic heterocycles. The molecule has 3 aliphatic rings. The van der Waals surface area contributed by atoms with E-state index in [1.165, 1.54) is 97.1 Å². The largest absolute Gasteiger partial charge is 0.298 e. The Morgan fingerprint density at radius 1 is 0.216 bits per heavy atom. The molecule has 0 atom stereocenters. The van der Waals surface area contributed by atoms with Gasteiger partial charge in [-0.15, -0.1) is 0 Å². The Kier molecular flexibility index (Phi) is 41.0. The Bertz CT molecular complexity index is 602. The average molecular weight is 730 g/mol. The Morgan fingerprint density at radius 2 is 0.314 bits per heavy atom. The highest BCUT2D eigenvalue weighted by Crippen LogP contribution is 2.21. The van der Waals surface area contributed by atoms with E-state index in [2.05, 4.69) is 160 Å². The molecule has 0 aromatic carbocycles. The second-order valence-corrected chi connectivity index (χ2v) is 21.7. The van der Waals surface area contributed by atoms with Crippen LogP contribution in [0, 0.1) is 16.2 Å². The minimum Gasteiger partial charge on any atom is -0.298 e. The maximum Gasteiger partial charge on any atom is 0.0125 e. The Labute approximate surface area is 330 Å². The zero-order chi connectivity index (χ0) is 42.3. The molecule has 0 unspecified atom stereocenters. The first-order valence-corrected chi connectivity index (χ1v) is 22.1. The predicted octanol–water partition coefficient (Wildman–Crippen LogP) is 16.0. The van der Waals surface area contributed by atoms with E-state index in [4.69, 9.17) is 0 Å². The van der Waals surface area contributed by atoms with Crippen LogP contribution in [0.15, 0.2) is 0 Å². The number of hydrogen-bond acceptors (Lipinski definition) is 3. The Balaban J connectivity index is -0.000000119. The normalized spacial score (nSPS) is 17.5. The summed E-state index contributed by atoms with van der Waals surface area (Å²) >= 11 is 0. The predicted molar refractivity (Wildman–Crippen MR) is 245 cm³/mol. The molecule has 0 bridgehead atoms. The lowest BCUT2D eigenvalue weighted by Gasteiger charge is -2.38. The van der Waals surface area contributed by atoms with Gasteiger partial charge in [-0.05, 0) is 156 Å². The molecule has 0 amide bonds. The molecule has 3 saturated heterocycles. The first kappa shape index (κ1) is 62.8. The molecule has 0 saturated carbocycles. The van der Waals surface area contributed by atoms with E-state index in [0.29, 0.717) is 32.9 Å². The molecular weight excluding hydrogens is 619 g/mol. The third kappa shape index (κ3) is 65.2. The zero-order valence-corrected chi connectivity index (χ0v) is 41.9. The fourth-order valence-corrected chi connectivity index (χ4v) is 4.69. The lowest BCUT2D eigenvalue weighted by Crippen LogP contribution is -2.44. The highest BCUT2D eigenvalue weighted by Gasteiger charge is 2.24. The van der Waals surface area contributed by atoms with Crippen molar-refractivity contribution in [3.63, 3.8) is 0 Å². The number of nitrogens with zero attached hydrogens (tertiary/aromatic N) is 3. The van der Waals surface area contributed by atoms with Crippen molar-refractivity contribution in [1.82, 2.24) is 14.7 Å². The van der Waals surface area contributed by atoms with Crippen LogP contribution < -0.4 is 0 Å². The number of rotatable bonds is 0. The van der Waals surface area contributed by atoms with Gasteiger partial charge in [0, 0.05) is 16.6 Å². The van der Waals surface area contributed by atoms with Crippen molar-refractivity contribution in [3.8, 4) is 0 Å². The van der Waals surface area contributed by atoms with Crippen LogP contribution in [0.25, 0.3) is 0 Å². The fourth-order valence-electron chi connectivity index (χ4n) is 4.69. The number of likely N-dealkylation sites (tertiary alicyclic amines) is 3. The minimum atomic E-state index is 0.393. The van der Waals surface area contributed by atoms with Crippen LogP contribution in [0.2, 0.25) is 0 Å². The summed E-state index contributed by atoms with van der Waals surface area (Å²) < 4.78 is 0. The van der Waals surface area contributed by atoms with Crippen molar-refractivity contribution in [1.29, 1.82) is 0 Å². The van der Waals surface area contributed by atoms with Gasteiger partial charge in [0.25, 0.3) is 0 Å². The summed E-state index contributed by atoms with van der Waals surface area (Å²) in [4.78, 5) is 7.74. The molecule has 0 N–H and O–H groups in total. The van der Waals surface area contributed by atoms with E-state index < -0.39 is 0 Å². The summed E-state index contributed by atoms with van der Waals surface area (Å²) in [6.07, 6.45) is 12.7. The Hall–Kier alpha value is -0.120. The summed E-state index contributed by atoms with van der Waals surface area (Å²) in [6, 6.07) is 0. The lowest BCUT2D eigenvalue weighted by molar-refractivity contribution is 0.111. The van der Waals surface area contributed by atoms with Crippen molar-refractivity contribution in [2.75, 3.05) is 39.3 Å². The molecule has 318 valence electrons.